The minimum absolute atomic E-state index is 0.144. The van der Waals surface area contributed by atoms with Crippen molar-refractivity contribution < 1.29 is 4.39 Å². The molecule has 0 amide bonds. The smallest absolute Gasteiger partial charge is 0.294 e. The average Bonchev–Trinajstić information content (AvgIpc) is 3.10. The van der Waals surface area contributed by atoms with Gasteiger partial charge in [-0.05, 0) is 26.3 Å². The van der Waals surface area contributed by atoms with Gasteiger partial charge in [0.05, 0.1) is 18.3 Å². The SMILES string of the molecule is CCCN1N=C(C)[C@@H](C)n2c1nc1c2c(=O)n(Cc2ccccc2F)c(=O)n1C. The van der Waals surface area contributed by atoms with Crippen LogP contribution < -0.4 is 16.3 Å². The first-order chi connectivity index (χ1) is 13.8. The van der Waals surface area contributed by atoms with Crippen molar-refractivity contribution in [3.05, 3.63) is 56.5 Å². The highest BCUT2D eigenvalue weighted by molar-refractivity contribution is 5.91. The fourth-order valence-electron chi connectivity index (χ4n) is 3.68. The van der Waals surface area contributed by atoms with Crippen molar-refractivity contribution in [3.8, 4) is 0 Å². The topological polar surface area (TPSA) is 77.4 Å². The molecule has 4 rings (SSSR count). The first-order valence-electron chi connectivity index (χ1n) is 9.63. The lowest BCUT2D eigenvalue weighted by Crippen LogP contribution is -2.40. The third-order valence-electron chi connectivity index (χ3n) is 5.38. The molecule has 0 spiro atoms. The van der Waals surface area contributed by atoms with Crippen molar-refractivity contribution in [2.75, 3.05) is 11.6 Å². The fourth-order valence-corrected chi connectivity index (χ4v) is 3.68. The van der Waals surface area contributed by atoms with E-state index in [-0.39, 0.29) is 18.2 Å². The van der Waals surface area contributed by atoms with Gasteiger partial charge in [0.25, 0.3) is 5.56 Å². The van der Waals surface area contributed by atoms with Crippen molar-refractivity contribution in [2.45, 2.75) is 39.8 Å². The molecular weight excluding hydrogens is 375 g/mol. The number of aromatic nitrogens is 4. The summed E-state index contributed by atoms with van der Waals surface area (Å²) in [4.78, 5) is 30.9. The average molecular weight is 398 g/mol. The molecule has 0 saturated carbocycles. The molecule has 0 fully saturated rings. The standard InChI is InChI=1S/C20H23FN6O2/c1-5-10-26-19-22-17-16(27(19)13(3)12(2)23-26)18(28)25(20(29)24(17)4)11-14-8-6-7-9-15(14)21/h6-9,13H,5,10-11H2,1-4H3/t13-/m1/s1. The van der Waals surface area contributed by atoms with Crippen molar-refractivity contribution >= 4 is 22.8 Å². The Kier molecular flexibility index (Phi) is 4.60. The van der Waals surface area contributed by atoms with E-state index in [1.54, 1.807) is 30.3 Å². The second kappa shape index (κ2) is 6.98. The maximum absolute atomic E-state index is 14.2. The monoisotopic (exact) mass is 398 g/mol. The molecule has 1 aliphatic rings. The Labute approximate surface area is 166 Å². The van der Waals surface area contributed by atoms with Crippen LogP contribution in [-0.4, -0.2) is 30.9 Å². The normalized spacial score (nSPS) is 16.2. The van der Waals surface area contributed by atoms with Crippen LogP contribution in [0.5, 0.6) is 0 Å². The predicted octanol–water partition coefficient (Wildman–Crippen LogP) is 2.25. The molecule has 29 heavy (non-hydrogen) atoms. The molecule has 0 unspecified atom stereocenters. The molecule has 152 valence electrons. The molecule has 1 aliphatic heterocycles. The highest BCUT2D eigenvalue weighted by Gasteiger charge is 2.30. The second-order valence-corrected chi connectivity index (χ2v) is 7.32. The van der Waals surface area contributed by atoms with Crippen LogP contribution in [-0.2, 0) is 13.6 Å². The Balaban J connectivity index is 2.00. The van der Waals surface area contributed by atoms with E-state index in [9.17, 15) is 14.0 Å². The molecule has 2 aromatic heterocycles. The van der Waals surface area contributed by atoms with E-state index in [2.05, 4.69) is 10.1 Å². The largest absolute Gasteiger partial charge is 0.332 e. The minimum Gasteiger partial charge on any atom is -0.294 e. The third kappa shape index (κ3) is 2.88. The molecular formula is C20H23FN6O2. The zero-order valence-electron chi connectivity index (χ0n) is 16.9. The van der Waals surface area contributed by atoms with E-state index in [4.69, 9.17) is 0 Å². The van der Waals surface area contributed by atoms with Gasteiger partial charge in [0.1, 0.15) is 5.82 Å². The number of aryl methyl sites for hydroxylation is 1. The molecule has 0 N–H and O–H groups in total. The predicted molar refractivity (Wildman–Crippen MR) is 110 cm³/mol. The summed E-state index contributed by atoms with van der Waals surface area (Å²) >= 11 is 0. The van der Waals surface area contributed by atoms with Crippen LogP contribution in [0, 0.1) is 5.82 Å². The number of halogens is 1. The number of benzene rings is 1. The zero-order valence-corrected chi connectivity index (χ0v) is 16.9. The van der Waals surface area contributed by atoms with Gasteiger partial charge in [0.2, 0.25) is 5.95 Å². The first-order valence-corrected chi connectivity index (χ1v) is 9.63. The van der Waals surface area contributed by atoms with E-state index in [1.165, 1.54) is 10.6 Å². The molecule has 0 bridgehead atoms. The molecule has 9 heteroatoms. The summed E-state index contributed by atoms with van der Waals surface area (Å²) in [6.45, 7) is 6.38. The van der Waals surface area contributed by atoms with Crippen LogP contribution >= 0.6 is 0 Å². The Bertz CT molecular complexity index is 1250. The van der Waals surface area contributed by atoms with Crippen LogP contribution in [0.4, 0.5) is 10.3 Å². The molecule has 1 atom stereocenters. The summed E-state index contributed by atoms with van der Waals surface area (Å²) in [5.74, 6) is 0.0815. The minimum atomic E-state index is -0.534. The zero-order chi connectivity index (χ0) is 20.9. The fraction of sp³-hybridized carbons (Fsp3) is 0.400. The van der Waals surface area contributed by atoms with Crippen molar-refractivity contribution in [2.24, 2.45) is 12.1 Å². The Morgan fingerprint density at radius 1 is 1.21 bits per heavy atom. The highest BCUT2D eigenvalue weighted by Crippen LogP contribution is 2.29. The van der Waals surface area contributed by atoms with Gasteiger partial charge in [-0.3, -0.25) is 18.5 Å². The summed E-state index contributed by atoms with van der Waals surface area (Å²) in [5.41, 5.74) is 0.734. The molecule has 3 aromatic rings. The Hall–Kier alpha value is -3.23. The van der Waals surface area contributed by atoms with E-state index in [0.717, 1.165) is 16.7 Å². The van der Waals surface area contributed by atoms with Crippen LogP contribution in [0.1, 0.15) is 38.8 Å². The Morgan fingerprint density at radius 2 is 1.93 bits per heavy atom. The summed E-state index contributed by atoms with van der Waals surface area (Å²) < 4.78 is 18.4. The maximum atomic E-state index is 14.2. The summed E-state index contributed by atoms with van der Waals surface area (Å²) in [7, 11) is 1.57. The molecule has 1 aromatic carbocycles. The van der Waals surface area contributed by atoms with Gasteiger partial charge in [0.15, 0.2) is 11.2 Å². The van der Waals surface area contributed by atoms with Crippen LogP contribution in [0.15, 0.2) is 39.0 Å². The van der Waals surface area contributed by atoms with Gasteiger partial charge in [-0.2, -0.15) is 10.1 Å². The number of fused-ring (bicyclic) bond motifs is 3. The van der Waals surface area contributed by atoms with Crippen LogP contribution in [0.3, 0.4) is 0 Å². The number of hydrazone groups is 1. The number of rotatable bonds is 4. The second-order valence-electron chi connectivity index (χ2n) is 7.32. The van der Waals surface area contributed by atoms with Crippen LogP contribution in [0.2, 0.25) is 0 Å². The first kappa shape index (κ1) is 19.1. The molecule has 0 radical (unpaired) electrons. The lowest BCUT2D eigenvalue weighted by atomic mass is 10.2. The van der Waals surface area contributed by atoms with Gasteiger partial charge in [-0.1, -0.05) is 25.1 Å². The van der Waals surface area contributed by atoms with Crippen molar-refractivity contribution in [1.29, 1.82) is 0 Å². The van der Waals surface area contributed by atoms with Gasteiger partial charge in [0, 0.05) is 19.2 Å². The summed E-state index contributed by atoms with van der Waals surface area (Å²) in [6, 6.07) is 5.95. The van der Waals surface area contributed by atoms with E-state index >= 15 is 0 Å². The lowest BCUT2D eigenvalue weighted by molar-refractivity contribution is 0.580. The molecule has 0 aliphatic carbocycles. The molecule has 8 nitrogen and oxygen atoms in total. The number of hydrogen-bond acceptors (Lipinski definition) is 5. The maximum Gasteiger partial charge on any atom is 0.332 e. The number of anilines is 1. The quantitative estimate of drug-likeness (QED) is 0.675. The lowest BCUT2D eigenvalue weighted by Gasteiger charge is -2.28. The molecule has 0 saturated heterocycles. The van der Waals surface area contributed by atoms with Gasteiger partial charge in [-0.15, -0.1) is 0 Å². The van der Waals surface area contributed by atoms with Gasteiger partial charge in [-0.25, -0.2) is 14.2 Å². The number of imidazole rings is 1. The van der Waals surface area contributed by atoms with E-state index in [1.807, 2.05) is 25.3 Å². The number of hydrogen-bond donors (Lipinski definition) is 0. The summed E-state index contributed by atoms with van der Waals surface area (Å²) in [5, 5.41) is 6.36. The highest BCUT2D eigenvalue weighted by atomic mass is 19.1. The van der Waals surface area contributed by atoms with Crippen molar-refractivity contribution in [3.63, 3.8) is 0 Å². The van der Waals surface area contributed by atoms with Crippen LogP contribution in [0.25, 0.3) is 11.2 Å². The van der Waals surface area contributed by atoms with Gasteiger partial charge >= 0.3 is 5.69 Å². The number of nitrogens with zero attached hydrogens (tertiary/aromatic N) is 6. The van der Waals surface area contributed by atoms with E-state index in [0.29, 0.717) is 23.7 Å². The summed E-state index contributed by atoms with van der Waals surface area (Å²) in [6.07, 6.45) is 0.852. The molecule has 3 heterocycles. The Morgan fingerprint density at radius 3 is 2.62 bits per heavy atom. The van der Waals surface area contributed by atoms with Gasteiger partial charge < -0.3 is 0 Å². The third-order valence-corrected chi connectivity index (χ3v) is 5.38. The van der Waals surface area contributed by atoms with E-state index < -0.39 is 17.1 Å². The van der Waals surface area contributed by atoms with Crippen molar-refractivity contribution in [1.82, 2.24) is 18.7 Å².